The third-order valence-corrected chi connectivity index (χ3v) is 5.02. The Bertz CT molecular complexity index is 559. The van der Waals surface area contributed by atoms with Gasteiger partial charge in [0.2, 0.25) is 11.8 Å². The van der Waals surface area contributed by atoms with Crippen LogP contribution in [0, 0.1) is 11.8 Å². The Morgan fingerprint density at radius 1 is 1.28 bits per heavy atom. The summed E-state index contributed by atoms with van der Waals surface area (Å²) in [6.07, 6.45) is 2.22. The van der Waals surface area contributed by atoms with Crippen LogP contribution in [-0.2, 0) is 9.59 Å². The second-order valence-electron chi connectivity index (χ2n) is 7.22. The maximum Gasteiger partial charge on any atom is 0.224 e. The van der Waals surface area contributed by atoms with Crippen molar-refractivity contribution >= 4 is 11.8 Å². The molecule has 5 heteroatoms. The van der Waals surface area contributed by atoms with Crippen LogP contribution in [-0.4, -0.2) is 42.9 Å². The monoisotopic (exact) mass is 345 g/mol. The van der Waals surface area contributed by atoms with Gasteiger partial charge in [-0.1, -0.05) is 44.2 Å². The Labute approximate surface area is 151 Å². The lowest BCUT2D eigenvalue weighted by molar-refractivity contribution is -0.136. The molecule has 138 valence electrons. The van der Waals surface area contributed by atoms with Crippen LogP contribution in [0.15, 0.2) is 30.3 Å². The number of benzene rings is 1. The SMILES string of the molecule is CC(C)C(CC(=O)N1CCCC(C(=O)NCCN)C1)c1ccccc1. The topological polar surface area (TPSA) is 75.4 Å². The van der Waals surface area contributed by atoms with E-state index < -0.39 is 0 Å². The molecule has 1 aliphatic rings. The first-order chi connectivity index (χ1) is 12.0. The standard InChI is InChI=1S/C20H31N3O2/c1-15(2)18(16-7-4-3-5-8-16)13-19(24)23-12-6-9-17(14-23)20(25)22-11-10-21/h3-5,7-8,15,17-18H,6,9-14,21H2,1-2H3,(H,22,25). The Morgan fingerprint density at radius 3 is 2.64 bits per heavy atom. The number of carbonyl (C=O) groups excluding carboxylic acids is 2. The maximum absolute atomic E-state index is 12.8. The number of nitrogens with two attached hydrogens (primary N) is 1. The zero-order valence-corrected chi connectivity index (χ0v) is 15.4. The van der Waals surface area contributed by atoms with Crippen molar-refractivity contribution in [2.45, 2.75) is 39.0 Å². The average Bonchev–Trinajstić information content (AvgIpc) is 2.64. The lowest BCUT2D eigenvalue weighted by Crippen LogP contribution is -2.46. The summed E-state index contributed by atoms with van der Waals surface area (Å²) in [4.78, 5) is 26.9. The summed E-state index contributed by atoms with van der Waals surface area (Å²) >= 11 is 0. The minimum absolute atomic E-state index is 0.0198. The first kappa shape index (κ1) is 19.4. The molecule has 0 radical (unpaired) electrons. The highest BCUT2D eigenvalue weighted by Crippen LogP contribution is 2.29. The molecule has 1 saturated heterocycles. The predicted octanol–water partition coefficient (Wildman–Crippen LogP) is 2.13. The van der Waals surface area contributed by atoms with E-state index in [1.54, 1.807) is 0 Å². The zero-order valence-electron chi connectivity index (χ0n) is 15.4. The molecule has 2 unspecified atom stereocenters. The normalized spacial score (nSPS) is 18.9. The predicted molar refractivity (Wildman–Crippen MR) is 100 cm³/mol. The van der Waals surface area contributed by atoms with Gasteiger partial charge in [-0.2, -0.15) is 0 Å². The zero-order chi connectivity index (χ0) is 18.2. The number of nitrogens with zero attached hydrogens (tertiary/aromatic N) is 1. The second-order valence-corrected chi connectivity index (χ2v) is 7.22. The van der Waals surface area contributed by atoms with Gasteiger partial charge in [-0.05, 0) is 30.2 Å². The van der Waals surface area contributed by atoms with Crippen LogP contribution in [0.25, 0.3) is 0 Å². The van der Waals surface area contributed by atoms with Crippen molar-refractivity contribution in [2.75, 3.05) is 26.2 Å². The van der Waals surface area contributed by atoms with Crippen LogP contribution >= 0.6 is 0 Å². The van der Waals surface area contributed by atoms with Crippen LogP contribution in [0.4, 0.5) is 0 Å². The number of piperidine rings is 1. The van der Waals surface area contributed by atoms with Crippen molar-refractivity contribution in [3.63, 3.8) is 0 Å². The summed E-state index contributed by atoms with van der Waals surface area (Å²) < 4.78 is 0. The smallest absolute Gasteiger partial charge is 0.224 e. The second kappa shape index (κ2) is 9.56. The molecule has 1 aromatic carbocycles. The summed E-state index contributed by atoms with van der Waals surface area (Å²) in [6.45, 7) is 6.52. The Hall–Kier alpha value is -1.88. The fourth-order valence-electron chi connectivity index (χ4n) is 3.51. The molecule has 0 aliphatic carbocycles. The maximum atomic E-state index is 12.8. The summed E-state index contributed by atoms with van der Waals surface area (Å²) in [5.74, 6) is 0.656. The highest BCUT2D eigenvalue weighted by atomic mass is 16.2. The molecular formula is C20H31N3O2. The number of rotatable bonds is 7. The van der Waals surface area contributed by atoms with Crippen molar-refractivity contribution in [2.24, 2.45) is 17.6 Å². The van der Waals surface area contributed by atoms with Crippen LogP contribution in [0.1, 0.15) is 44.6 Å². The van der Waals surface area contributed by atoms with E-state index in [1.165, 1.54) is 5.56 Å². The summed E-state index contributed by atoms with van der Waals surface area (Å²) in [6, 6.07) is 10.2. The number of amides is 2. The van der Waals surface area contributed by atoms with Gasteiger partial charge >= 0.3 is 0 Å². The van der Waals surface area contributed by atoms with E-state index in [4.69, 9.17) is 5.73 Å². The summed E-state index contributed by atoms with van der Waals surface area (Å²) in [5.41, 5.74) is 6.65. The van der Waals surface area contributed by atoms with E-state index in [0.717, 1.165) is 19.4 Å². The highest BCUT2D eigenvalue weighted by Gasteiger charge is 2.30. The Morgan fingerprint density at radius 2 is 2.00 bits per heavy atom. The van der Waals surface area contributed by atoms with Gasteiger partial charge in [0.1, 0.15) is 0 Å². The lowest BCUT2D eigenvalue weighted by Gasteiger charge is -2.33. The van der Waals surface area contributed by atoms with Crippen LogP contribution in [0.2, 0.25) is 0 Å². The molecule has 2 rings (SSSR count). The molecule has 5 nitrogen and oxygen atoms in total. The van der Waals surface area contributed by atoms with Crippen LogP contribution in [0.3, 0.4) is 0 Å². The summed E-state index contributed by atoms with van der Waals surface area (Å²) in [5, 5.41) is 2.84. The largest absolute Gasteiger partial charge is 0.355 e. The van der Waals surface area contributed by atoms with Gasteiger partial charge in [-0.3, -0.25) is 9.59 Å². The number of carbonyl (C=O) groups is 2. The van der Waals surface area contributed by atoms with E-state index in [2.05, 4.69) is 31.3 Å². The first-order valence-electron chi connectivity index (χ1n) is 9.33. The molecule has 2 amide bonds. The van der Waals surface area contributed by atoms with Crippen molar-refractivity contribution in [1.29, 1.82) is 0 Å². The van der Waals surface area contributed by atoms with Gasteiger partial charge in [-0.25, -0.2) is 0 Å². The minimum atomic E-state index is -0.113. The van der Waals surface area contributed by atoms with Crippen molar-refractivity contribution in [3.8, 4) is 0 Å². The quantitative estimate of drug-likeness (QED) is 0.795. The first-order valence-corrected chi connectivity index (χ1v) is 9.33. The van der Waals surface area contributed by atoms with Crippen LogP contribution in [0.5, 0.6) is 0 Å². The molecule has 2 atom stereocenters. The van der Waals surface area contributed by atoms with E-state index >= 15 is 0 Å². The minimum Gasteiger partial charge on any atom is -0.355 e. The number of likely N-dealkylation sites (tertiary alicyclic amines) is 1. The fourth-order valence-corrected chi connectivity index (χ4v) is 3.51. The fraction of sp³-hybridized carbons (Fsp3) is 0.600. The van der Waals surface area contributed by atoms with Gasteiger partial charge in [0.05, 0.1) is 5.92 Å². The van der Waals surface area contributed by atoms with Crippen molar-refractivity contribution in [3.05, 3.63) is 35.9 Å². The van der Waals surface area contributed by atoms with Gasteiger partial charge in [0.15, 0.2) is 0 Å². The number of hydrogen-bond acceptors (Lipinski definition) is 3. The van der Waals surface area contributed by atoms with E-state index in [-0.39, 0.29) is 23.7 Å². The van der Waals surface area contributed by atoms with E-state index in [9.17, 15) is 9.59 Å². The van der Waals surface area contributed by atoms with Gasteiger partial charge in [-0.15, -0.1) is 0 Å². The van der Waals surface area contributed by atoms with Gasteiger partial charge < -0.3 is 16.0 Å². The molecular weight excluding hydrogens is 314 g/mol. The van der Waals surface area contributed by atoms with E-state index in [0.29, 0.717) is 32.0 Å². The summed E-state index contributed by atoms with van der Waals surface area (Å²) in [7, 11) is 0. The number of hydrogen-bond donors (Lipinski definition) is 2. The van der Waals surface area contributed by atoms with Gasteiger partial charge in [0, 0.05) is 32.6 Å². The molecule has 0 aromatic heterocycles. The average molecular weight is 345 g/mol. The van der Waals surface area contributed by atoms with Crippen molar-refractivity contribution < 1.29 is 9.59 Å². The Kier molecular flexibility index (Phi) is 7.44. The molecule has 1 fully saturated rings. The van der Waals surface area contributed by atoms with Crippen LogP contribution < -0.4 is 11.1 Å². The molecule has 25 heavy (non-hydrogen) atoms. The molecule has 0 bridgehead atoms. The molecule has 1 aromatic rings. The lowest BCUT2D eigenvalue weighted by atomic mass is 9.85. The van der Waals surface area contributed by atoms with Gasteiger partial charge in [0.25, 0.3) is 0 Å². The third-order valence-electron chi connectivity index (χ3n) is 5.02. The number of nitrogens with one attached hydrogen (secondary N) is 1. The molecule has 1 aliphatic heterocycles. The Balaban J connectivity index is 1.97. The molecule has 0 saturated carbocycles. The van der Waals surface area contributed by atoms with E-state index in [1.807, 2.05) is 23.1 Å². The highest BCUT2D eigenvalue weighted by molar-refractivity contribution is 5.81. The third kappa shape index (κ3) is 5.56. The molecule has 3 N–H and O–H groups in total. The molecule has 0 spiro atoms. The molecule has 1 heterocycles. The van der Waals surface area contributed by atoms with Crippen molar-refractivity contribution in [1.82, 2.24) is 10.2 Å².